The summed E-state index contributed by atoms with van der Waals surface area (Å²) >= 11 is 0. The predicted octanol–water partition coefficient (Wildman–Crippen LogP) is 2.78. The number of likely N-dealkylation sites (tertiary alicyclic amines) is 1. The number of piperidine rings is 1. The van der Waals surface area contributed by atoms with Gasteiger partial charge in [-0.25, -0.2) is 4.98 Å². The van der Waals surface area contributed by atoms with Gasteiger partial charge in [-0.15, -0.1) is 6.58 Å². The van der Waals surface area contributed by atoms with Crippen molar-refractivity contribution >= 4 is 16.9 Å². The smallest absolute Gasteiger partial charge is 0.221 e. The number of H-pyrrole nitrogens is 1. The van der Waals surface area contributed by atoms with Crippen LogP contribution in [0.5, 0.6) is 0 Å². The molecule has 23 heavy (non-hydrogen) atoms. The number of nitrogens with one attached hydrogen (secondary N) is 2. The average Bonchev–Trinajstić information content (AvgIpc) is 3.02. The van der Waals surface area contributed by atoms with Crippen LogP contribution in [0, 0.1) is 0 Å². The van der Waals surface area contributed by atoms with Crippen LogP contribution < -0.4 is 5.32 Å². The molecule has 1 aliphatic heterocycles. The van der Waals surface area contributed by atoms with E-state index in [-0.39, 0.29) is 11.9 Å². The van der Waals surface area contributed by atoms with E-state index in [0.717, 1.165) is 36.4 Å². The molecule has 2 aromatic rings. The number of para-hydroxylation sites is 2. The average molecular weight is 312 g/mol. The first-order valence-electron chi connectivity index (χ1n) is 8.34. The largest absolute Gasteiger partial charge is 0.353 e. The molecule has 0 aliphatic carbocycles. The molecule has 2 heterocycles. The topological polar surface area (TPSA) is 61.0 Å². The lowest BCUT2D eigenvalue weighted by molar-refractivity contribution is -0.121. The first-order chi connectivity index (χ1) is 11.3. The van der Waals surface area contributed by atoms with Gasteiger partial charge in [-0.05, 0) is 31.5 Å². The SMILES string of the molecule is C=CCNC(=O)CCN1CCCCC1c1nc2ccccc2[nH]1. The summed E-state index contributed by atoms with van der Waals surface area (Å²) in [6.07, 6.45) is 5.71. The lowest BCUT2D eigenvalue weighted by Gasteiger charge is -2.34. The molecule has 1 fully saturated rings. The highest BCUT2D eigenvalue weighted by Crippen LogP contribution is 2.30. The second-order valence-corrected chi connectivity index (χ2v) is 6.03. The van der Waals surface area contributed by atoms with E-state index in [2.05, 4.69) is 27.8 Å². The summed E-state index contributed by atoms with van der Waals surface area (Å²) in [4.78, 5) is 22.4. The fourth-order valence-electron chi connectivity index (χ4n) is 3.22. The lowest BCUT2D eigenvalue weighted by Crippen LogP contribution is -2.37. The van der Waals surface area contributed by atoms with Gasteiger partial charge in [0.25, 0.3) is 0 Å². The second-order valence-electron chi connectivity index (χ2n) is 6.03. The van der Waals surface area contributed by atoms with E-state index in [9.17, 15) is 4.79 Å². The molecule has 1 unspecified atom stereocenters. The zero-order valence-corrected chi connectivity index (χ0v) is 13.4. The summed E-state index contributed by atoms with van der Waals surface area (Å²) in [5.41, 5.74) is 2.09. The van der Waals surface area contributed by atoms with E-state index in [1.54, 1.807) is 6.08 Å². The number of carbonyl (C=O) groups excluding carboxylic acids is 1. The van der Waals surface area contributed by atoms with E-state index in [0.29, 0.717) is 13.0 Å². The maximum atomic E-state index is 11.8. The molecule has 1 aromatic heterocycles. The fraction of sp³-hybridized carbons (Fsp3) is 0.444. The van der Waals surface area contributed by atoms with Gasteiger partial charge in [0.15, 0.2) is 0 Å². The van der Waals surface area contributed by atoms with Crippen molar-refractivity contribution in [3.63, 3.8) is 0 Å². The minimum atomic E-state index is 0.0822. The van der Waals surface area contributed by atoms with Crippen LogP contribution in [0.25, 0.3) is 11.0 Å². The van der Waals surface area contributed by atoms with Crippen molar-refractivity contribution < 1.29 is 4.79 Å². The Morgan fingerprint density at radius 1 is 1.43 bits per heavy atom. The zero-order valence-electron chi connectivity index (χ0n) is 13.4. The van der Waals surface area contributed by atoms with Crippen molar-refractivity contribution in [3.05, 3.63) is 42.7 Å². The Morgan fingerprint density at radius 3 is 3.13 bits per heavy atom. The standard InChI is InChI=1S/C18H24N4O/c1-2-11-19-17(23)10-13-22-12-6-5-9-16(22)18-20-14-7-3-4-8-15(14)21-18/h2-4,7-8,16H,1,5-6,9-13H2,(H,19,23)(H,20,21). The molecule has 122 valence electrons. The summed E-state index contributed by atoms with van der Waals surface area (Å²) in [7, 11) is 0. The molecular formula is C18H24N4O. The molecule has 0 spiro atoms. The van der Waals surface area contributed by atoms with Crippen molar-refractivity contribution in [2.24, 2.45) is 0 Å². The minimum Gasteiger partial charge on any atom is -0.353 e. The number of fused-ring (bicyclic) bond motifs is 1. The number of imidazole rings is 1. The van der Waals surface area contributed by atoms with Gasteiger partial charge in [-0.1, -0.05) is 24.6 Å². The van der Waals surface area contributed by atoms with E-state index < -0.39 is 0 Å². The van der Waals surface area contributed by atoms with Crippen LogP contribution in [-0.2, 0) is 4.79 Å². The van der Waals surface area contributed by atoms with E-state index >= 15 is 0 Å². The van der Waals surface area contributed by atoms with Crippen molar-refractivity contribution in [3.8, 4) is 0 Å². The molecule has 3 rings (SSSR count). The summed E-state index contributed by atoms with van der Waals surface area (Å²) < 4.78 is 0. The van der Waals surface area contributed by atoms with Crippen LogP contribution in [0.3, 0.4) is 0 Å². The molecule has 1 aromatic carbocycles. The maximum absolute atomic E-state index is 11.8. The van der Waals surface area contributed by atoms with Gasteiger partial charge in [-0.3, -0.25) is 9.69 Å². The lowest BCUT2D eigenvalue weighted by atomic mass is 10.0. The number of nitrogens with zero attached hydrogens (tertiary/aromatic N) is 2. The number of rotatable bonds is 6. The minimum absolute atomic E-state index is 0.0822. The quantitative estimate of drug-likeness (QED) is 0.806. The summed E-state index contributed by atoms with van der Waals surface area (Å²) in [6, 6.07) is 8.40. The number of aromatic amines is 1. The molecule has 2 N–H and O–H groups in total. The van der Waals surface area contributed by atoms with Crippen molar-refractivity contribution in [1.29, 1.82) is 0 Å². The van der Waals surface area contributed by atoms with Gasteiger partial charge in [0.1, 0.15) is 5.82 Å². The number of hydrogen-bond donors (Lipinski definition) is 2. The summed E-state index contributed by atoms with van der Waals surface area (Å²) in [5, 5.41) is 2.84. The monoisotopic (exact) mass is 312 g/mol. The van der Waals surface area contributed by atoms with Gasteiger partial charge in [0, 0.05) is 19.5 Å². The second kappa shape index (κ2) is 7.42. The number of benzene rings is 1. The molecule has 5 heteroatoms. The highest BCUT2D eigenvalue weighted by molar-refractivity contribution is 5.76. The van der Waals surface area contributed by atoms with Crippen LogP contribution in [0.4, 0.5) is 0 Å². The molecule has 0 radical (unpaired) electrons. The third-order valence-electron chi connectivity index (χ3n) is 4.41. The van der Waals surface area contributed by atoms with Crippen LogP contribution in [0.2, 0.25) is 0 Å². The first kappa shape index (κ1) is 15.7. The molecule has 0 saturated carbocycles. The Hall–Kier alpha value is -2.14. The van der Waals surface area contributed by atoms with Crippen LogP contribution in [0.1, 0.15) is 37.5 Å². The third kappa shape index (κ3) is 3.79. The number of carbonyl (C=O) groups is 1. The van der Waals surface area contributed by atoms with Crippen molar-refractivity contribution in [2.45, 2.75) is 31.7 Å². The molecule has 1 atom stereocenters. The number of hydrogen-bond acceptors (Lipinski definition) is 3. The Labute approximate surface area is 136 Å². The van der Waals surface area contributed by atoms with Gasteiger partial charge >= 0.3 is 0 Å². The molecule has 0 bridgehead atoms. The van der Waals surface area contributed by atoms with Crippen LogP contribution in [0.15, 0.2) is 36.9 Å². The Morgan fingerprint density at radius 2 is 2.30 bits per heavy atom. The highest BCUT2D eigenvalue weighted by atomic mass is 16.1. The molecular weight excluding hydrogens is 288 g/mol. The van der Waals surface area contributed by atoms with Crippen molar-refractivity contribution in [2.75, 3.05) is 19.6 Å². The third-order valence-corrected chi connectivity index (χ3v) is 4.41. The predicted molar refractivity (Wildman–Crippen MR) is 92.1 cm³/mol. The van der Waals surface area contributed by atoms with Gasteiger partial charge < -0.3 is 10.3 Å². The van der Waals surface area contributed by atoms with Crippen molar-refractivity contribution in [1.82, 2.24) is 20.2 Å². The molecule has 1 aliphatic rings. The van der Waals surface area contributed by atoms with Gasteiger partial charge in [0.2, 0.25) is 5.91 Å². The maximum Gasteiger partial charge on any atom is 0.221 e. The molecule has 5 nitrogen and oxygen atoms in total. The normalized spacial score (nSPS) is 18.9. The van der Waals surface area contributed by atoms with E-state index in [1.165, 1.54) is 12.8 Å². The molecule has 1 amide bonds. The van der Waals surface area contributed by atoms with Crippen LogP contribution >= 0.6 is 0 Å². The number of amides is 1. The Balaban J connectivity index is 1.68. The summed E-state index contributed by atoms with van der Waals surface area (Å²) in [5.74, 6) is 1.11. The number of aromatic nitrogens is 2. The Kier molecular flexibility index (Phi) is 5.08. The summed E-state index contributed by atoms with van der Waals surface area (Å²) in [6.45, 7) is 5.94. The highest BCUT2D eigenvalue weighted by Gasteiger charge is 2.26. The first-order valence-corrected chi connectivity index (χ1v) is 8.34. The Bertz CT molecular complexity index is 645. The van der Waals surface area contributed by atoms with E-state index in [1.807, 2.05) is 18.2 Å². The molecule has 1 saturated heterocycles. The van der Waals surface area contributed by atoms with E-state index in [4.69, 9.17) is 4.98 Å². The zero-order chi connectivity index (χ0) is 16.1. The van der Waals surface area contributed by atoms with Gasteiger partial charge in [0.05, 0.1) is 17.1 Å². The van der Waals surface area contributed by atoms with Crippen LogP contribution in [-0.4, -0.2) is 40.4 Å². The fourth-order valence-corrected chi connectivity index (χ4v) is 3.22. The van der Waals surface area contributed by atoms with Gasteiger partial charge in [-0.2, -0.15) is 0 Å².